The summed E-state index contributed by atoms with van der Waals surface area (Å²) in [4.78, 5) is 12.4. The lowest BCUT2D eigenvalue weighted by molar-refractivity contribution is 0.101. The standard InChI is InChI=1S/C27H27NO3S/c1-20-12-14-26(15-13-20)32(30,31)28-18-24(16-22-8-4-3-5-9-22)25(19-28)17-23-10-6-7-11-27(23)21(2)29/h3-16,25H,17-19H2,1-2H3/b24-16+. The molecule has 0 saturated carbocycles. The van der Waals surface area contributed by atoms with Crippen molar-refractivity contribution in [1.29, 1.82) is 0 Å². The first-order chi connectivity index (χ1) is 15.3. The molecule has 1 aliphatic heterocycles. The lowest BCUT2D eigenvalue weighted by Gasteiger charge is -2.17. The highest BCUT2D eigenvalue weighted by Gasteiger charge is 2.36. The van der Waals surface area contributed by atoms with E-state index >= 15 is 0 Å². The number of carbonyl (C=O) groups is 1. The van der Waals surface area contributed by atoms with Crippen LogP contribution < -0.4 is 0 Å². The average molecular weight is 446 g/mol. The zero-order chi connectivity index (χ0) is 22.7. The smallest absolute Gasteiger partial charge is 0.243 e. The number of sulfonamides is 1. The molecule has 1 heterocycles. The van der Waals surface area contributed by atoms with Gasteiger partial charge in [0.1, 0.15) is 0 Å². The zero-order valence-corrected chi connectivity index (χ0v) is 19.2. The lowest BCUT2D eigenvalue weighted by atomic mass is 9.90. The van der Waals surface area contributed by atoms with Gasteiger partial charge < -0.3 is 0 Å². The van der Waals surface area contributed by atoms with Crippen molar-refractivity contribution >= 4 is 21.9 Å². The van der Waals surface area contributed by atoms with Gasteiger partial charge in [0.05, 0.1) is 4.90 Å². The first-order valence-electron chi connectivity index (χ1n) is 10.8. The Morgan fingerprint density at radius 2 is 1.62 bits per heavy atom. The van der Waals surface area contributed by atoms with Crippen molar-refractivity contribution < 1.29 is 13.2 Å². The molecule has 164 valence electrons. The Morgan fingerprint density at radius 3 is 2.31 bits per heavy atom. The van der Waals surface area contributed by atoms with E-state index in [0.29, 0.717) is 30.0 Å². The number of rotatable bonds is 6. The molecule has 5 heteroatoms. The highest BCUT2D eigenvalue weighted by Crippen LogP contribution is 2.33. The minimum atomic E-state index is -3.61. The van der Waals surface area contributed by atoms with Crippen LogP contribution in [0.3, 0.4) is 0 Å². The van der Waals surface area contributed by atoms with Gasteiger partial charge in [0.2, 0.25) is 10.0 Å². The van der Waals surface area contributed by atoms with Crippen LogP contribution in [-0.2, 0) is 16.4 Å². The van der Waals surface area contributed by atoms with Crippen molar-refractivity contribution in [3.63, 3.8) is 0 Å². The van der Waals surface area contributed by atoms with Gasteiger partial charge in [-0.05, 0) is 55.0 Å². The summed E-state index contributed by atoms with van der Waals surface area (Å²) in [6.45, 7) is 4.25. The highest BCUT2D eigenvalue weighted by atomic mass is 32.2. The average Bonchev–Trinajstić information content (AvgIpc) is 3.18. The van der Waals surface area contributed by atoms with Crippen LogP contribution in [-0.4, -0.2) is 31.6 Å². The van der Waals surface area contributed by atoms with Crippen LogP contribution in [0.1, 0.15) is 34.0 Å². The Hall–Kier alpha value is -3.02. The number of Topliss-reactive ketones (excluding diaryl/α,β-unsaturated/α-hetero) is 1. The van der Waals surface area contributed by atoms with Crippen molar-refractivity contribution in [2.45, 2.75) is 25.2 Å². The minimum Gasteiger partial charge on any atom is -0.295 e. The van der Waals surface area contributed by atoms with E-state index in [9.17, 15) is 13.2 Å². The Morgan fingerprint density at radius 1 is 0.969 bits per heavy atom. The van der Waals surface area contributed by atoms with Gasteiger partial charge in [0.25, 0.3) is 0 Å². The molecule has 1 atom stereocenters. The first kappa shape index (κ1) is 22.2. The van der Waals surface area contributed by atoms with Crippen LogP contribution in [0.15, 0.2) is 89.3 Å². The summed E-state index contributed by atoms with van der Waals surface area (Å²) < 4.78 is 28.3. The third-order valence-corrected chi connectivity index (χ3v) is 7.81. The van der Waals surface area contributed by atoms with Gasteiger partial charge in [-0.15, -0.1) is 0 Å². The number of ketones is 1. The molecule has 1 fully saturated rings. The molecule has 0 N–H and O–H groups in total. The number of aryl methyl sites for hydroxylation is 1. The van der Waals surface area contributed by atoms with Crippen LogP contribution >= 0.6 is 0 Å². The second-order valence-electron chi connectivity index (χ2n) is 8.35. The second-order valence-corrected chi connectivity index (χ2v) is 10.3. The third-order valence-electron chi connectivity index (χ3n) is 5.98. The number of nitrogens with zero attached hydrogens (tertiary/aromatic N) is 1. The molecule has 4 nitrogen and oxygen atoms in total. The van der Waals surface area contributed by atoms with E-state index in [1.807, 2.05) is 73.7 Å². The molecule has 3 aromatic carbocycles. The van der Waals surface area contributed by atoms with E-state index in [1.165, 1.54) is 0 Å². The Bertz CT molecular complexity index is 1250. The van der Waals surface area contributed by atoms with Crippen molar-refractivity contribution in [3.05, 3.63) is 107 Å². The number of carbonyl (C=O) groups excluding carboxylic acids is 1. The molecule has 1 saturated heterocycles. The molecule has 0 amide bonds. The van der Waals surface area contributed by atoms with Crippen LogP contribution in [0.4, 0.5) is 0 Å². The molecule has 0 aromatic heterocycles. The quantitative estimate of drug-likeness (QED) is 0.494. The van der Waals surface area contributed by atoms with Crippen molar-refractivity contribution in [3.8, 4) is 0 Å². The molecule has 0 radical (unpaired) electrons. The topological polar surface area (TPSA) is 54.5 Å². The van der Waals surface area contributed by atoms with Crippen LogP contribution in [0, 0.1) is 12.8 Å². The van der Waals surface area contributed by atoms with E-state index in [-0.39, 0.29) is 11.7 Å². The van der Waals surface area contributed by atoms with Crippen molar-refractivity contribution in [2.75, 3.05) is 13.1 Å². The fraction of sp³-hybridized carbons (Fsp3) is 0.222. The van der Waals surface area contributed by atoms with E-state index in [1.54, 1.807) is 23.4 Å². The van der Waals surface area contributed by atoms with E-state index in [0.717, 1.165) is 22.3 Å². The predicted octanol–water partition coefficient (Wildman–Crippen LogP) is 5.14. The van der Waals surface area contributed by atoms with Crippen LogP contribution in [0.2, 0.25) is 0 Å². The monoisotopic (exact) mass is 445 g/mol. The summed E-state index contributed by atoms with van der Waals surface area (Å²) in [5.74, 6) is 0.0206. The summed E-state index contributed by atoms with van der Waals surface area (Å²) in [7, 11) is -3.61. The molecule has 4 rings (SSSR count). The highest BCUT2D eigenvalue weighted by molar-refractivity contribution is 7.89. The van der Waals surface area contributed by atoms with Crippen molar-refractivity contribution in [1.82, 2.24) is 4.31 Å². The number of benzene rings is 3. The molecule has 0 spiro atoms. The maximum absolute atomic E-state index is 13.4. The summed E-state index contributed by atoms with van der Waals surface area (Å²) >= 11 is 0. The lowest BCUT2D eigenvalue weighted by Crippen LogP contribution is -2.29. The SMILES string of the molecule is CC(=O)c1ccccc1CC1CN(S(=O)(=O)c2ccc(C)cc2)C/C1=C\c1ccccc1. The van der Waals surface area contributed by atoms with Gasteiger partial charge in [-0.1, -0.05) is 78.4 Å². The molecule has 0 aliphatic carbocycles. The molecular formula is C27H27NO3S. The number of hydrogen-bond acceptors (Lipinski definition) is 3. The van der Waals surface area contributed by atoms with E-state index in [4.69, 9.17) is 0 Å². The summed E-state index contributed by atoms with van der Waals surface area (Å²) in [6.07, 6.45) is 2.71. The molecule has 1 unspecified atom stereocenters. The van der Waals surface area contributed by atoms with Gasteiger partial charge in [0, 0.05) is 18.7 Å². The Balaban J connectivity index is 1.69. The Kier molecular flexibility index (Phi) is 6.40. The van der Waals surface area contributed by atoms with Gasteiger partial charge in [-0.2, -0.15) is 4.31 Å². The van der Waals surface area contributed by atoms with Gasteiger partial charge in [-0.25, -0.2) is 8.42 Å². The van der Waals surface area contributed by atoms with E-state index in [2.05, 4.69) is 6.08 Å². The maximum atomic E-state index is 13.4. The summed E-state index contributed by atoms with van der Waals surface area (Å²) in [5, 5.41) is 0. The minimum absolute atomic E-state index is 0.00377. The van der Waals surface area contributed by atoms with Gasteiger partial charge >= 0.3 is 0 Å². The van der Waals surface area contributed by atoms with Crippen molar-refractivity contribution in [2.24, 2.45) is 5.92 Å². The second kappa shape index (κ2) is 9.23. The number of hydrogen-bond donors (Lipinski definition) is 0. The first-order valence-corrected chi connectivity index (χ1v) is 12.2. The van der Waals surface area contributed by atoms with E-state index < -0.39 is 10.0 Å². The van der Waals surface area contributed by atoms with Crippen LogP contribution in [0.5, 0.6) is 0 Å². The normalized spacial score (nSPS) is 18.2. The molecule has 32 heavy (non-hydrogen) atoms. The zero-order valence-electron chi connectivity index (χ0n) is 18.4. The molecule has 3 aromatic rings. The largest absolute Gasteiger partial charge is 0.295 e. The fourth-order valence-electron chi connectivity index (χ4n) is 4.23. The third kappa shape index (κ3) is 4.74. The molecular weight excluding hydrogens is 418 g/mol. The van der Waals surface area contributed by atoms with Gasteiger partial charge in [-0.3, -0.25) is 4.79 Å². The predicted molar refractivity (Wildman–Crippen MR) is 128 cm³/mol. The van der Waals surface area contributed by atoms with Crippen LogP contribution in [0.25, 0.3) is 6.08 Å². The molecule has 1 aliphatic rings. The maximum Gasteiger partial charge on any atom is 0.243 e. The summed E-state index contributed by atoms with van der Waals surface area (Å²) in [5.41, 5.74) is 4.78. The fourth-order valence-corrected chi connectivity index (χ4v) is 5.71. The molecule has 0 bridgehead atoms. The summed E-state index contributed by atoms with van der Waals surface area (Å²) in [6, 6.07) is 24.5. The Labute approximate surface area is 190 Å². The van der Waals surface area contributed by atoms with Gasteiger partial charge in [0.15, 0.2) is 5.78 Å².